The summed E-state index contributed by atoms with van der Waals surface area (Å²) in [5.41, 5.74) is 8.47. The van der Waals surface area contributed by atoms with Crippen LogP contribution in [0.5, 0.6) is 0 Å². The number of rotatable bonds is 2. The highest BCUT2D eigenvalue weighted by Crippen LogP contribution is 2.23. The first-order chi connectivity index (χ1) is 10.8. The smallest absolute Gasteiger partial charge is 0.101 e. The van der Waals surface area contributed by atoms with Crippen LogP contribution in [0.3, 0.4) is 0 Å². The van der Waals surface area contributed by atoms with Gasteiger partial charge in [-0.15, -0.1) is 0 Å². The lowest BCUT2D eigenvalue weighted by Gasteiger charge is -2.42. The molecule has 0 aromatic carbocycles. The molecule has 2 heterocycles. The van der Waals surface area contributed by atoms with Crippen molar-refractivity contribution in [1.29, 1.82) is 5.26 Å². The number of hydrogen-bond acceptors (Lipinski definition) is 5. The minimum absolute atomic E-state index is 0.658. The predicted molar refractivity (Wildman–Crippen MR) is 85.7 cm³/mol. The maximum Gasteiger partial charge on any atom is 0.101 e. The molecule has 2 fully saturated rings. The highest BCUT2D eigenvalue weighted by atomic mass is 16.5. The van der Waals surface area contributed by atoms with Crippen LogP contribution < -0.4 is 5.73 Å². The SMILES string of the molecule is N#CC1=CCC(N)=CC=C1N1CCN(C2CCOCC2)CC1. The fourth-order valence-corrected chi connectivity index (χ4v) is 3.43. The molecule has 0 radical (unpaired) electrons. The molecule has 0 spiro atoms. The molecule has 1 aliphatic carbocycles. The van der Waals surface area contributed by atoms with E-state index in [1.54, 1.807) is 0 Å². The Kier molecular flexibility index (Phi) is 4.81. The number of nitrogens with two attached hydrogens (primary N) is 1. The molecule has 118 valence electrons. The fourth-order valence-electron chi connectivity index (χ4n) is 3.43. The molecule has 0 aromatic rings. The van der Waals surface area contributed by atoms with Gasteiger partial charge in [0.15, 0.2) is 0 Å². The monoisotopic (exact) mass is 300 g/mol. The summed E-state index contributed by atoms with van der Waals surface area (Å²) in [6.07, 6.45) is 8.82. The molecule has 0 amide bonds. The van der Waals surface area contributed by atoms with Crippen molar-refractivity contribution in [3.05, 3.63) is 35.2 Å². The van der Waals surface area contributed by atoms with Crippen molar-refractivity contribution >= 4 is 0 Å². The third-order valence-electron chi connectivity index (χ3n) is 4.76. The average Bonchev–Trinajstić information content (AvgIpc) is 2.77. The Morgan fingerprint density at radius 1 is 1.14 bits per heavy atom. The molecular formula is C17H24N4O. The van der Waals surface area contributed by atoms with Gasteiger partial charge in [0.05, 0.1) is 11.3 Å². The van der Waals surface area contributed by atoms with Crippen molar-refractivity contribution in [1.82, 2.24) is 9.80 Å². The molecule has 3 aliphatic rings. The van der Waals surface area contributed by atoms with Gasteiger partial charge in [-0.3, -0.25) is 4.90 Å². The summed E-state index contributed by atoms with van der Waals surface area (Å²) in [7, 11) is 0. The normalized spacial score (nSPS) is 24.9. The van der Waals surface area contributed by atoms with Gasteiger partial charge in [-0.2, -0.15) is 5.26 Å². The first kappa shape index (κ1) is 15.1. The molecule has 2 aliphatic heterocycles. The number of allylic oxidation sites excluding steroid dienone is 4. The summed E-state index contributed by atoms with van der Waals surface area (Å²) < 4.78 is 5.45. The fraction of sp³-hybridized carbons (Fsp3) is 0.588. The van der Waals surface area contributed by atoms with Gasteiger partial charge in [-0.05, 0) is 25.0 Å². The zero-order valence-corrected chi connectivity index (χ0v) is 13.0. The first-order valence-corrected chi connectivity index (χ1v) is 8.11. The van der Waals surface area contributed by atoms with E-state index in [1.807, 2.05) is 18.2 Å². The molecule has 0 atom stereocenters. The van der Waals surface area contributed by atoms with Crippen LogP contribution in [0.1, 0.15) is 19.3 Å². The van der Waals surface area contributed by atoms with Gasteiger partial charge in [-0.25, -0.2) is 0 Å². The first-order valence-electron chi connectivity index (χ1n) is 8.11. The number of nitriles is 1. The highest BCUT2D eigenvalue weighted by Gasteiger charge is 2.27. The number of hydrogen-bond donors (Lipinski definition) is 1. The van der Waals surface area contributed by atoms with Crippen LogP contribution in [0.15, 0.2) is 35.2 Å². The van der Waals surface area contributed by atoms with E-state index in [0.717, 1.165) is 69.2 Å². The maximum atomic E-state index is 9.39. The summed E-state index contributed by atoms with van der Waals surface area (Å²) in [5, 5.41) is 9.39. The Morgan fingerprint density at radius 3 is 2.55 bits per heavy atom. The molecule has 0 saturated carbocycles. The van der Waals surface area contributed by atoms with Crippen molar-refractivity contribution in [2.45, 2.75) is 25.3 Å². The van der Waals surface area contributed by atoms with Crippen molar-refractivity contribution in [3.63, 3.8) is 0 Å². The second-order valence-corrected chi connectivity index (χ2v) is 6.09. The molecule has 0 aromatic heterocycles. The Balaban J connectivity index is 1.64. The topological polar surface area (TPSA) is 65.5 Å². The molecule has 0 unspecified atom stereocenters. The summed E-state index contributed by atoms with van der Waals surface area (Å²) in [6.45, 7) is 5.83. The predicted octanol–water partition coefficient (Wildman–Crippen LogP) is 1.36. The average molecular weight is 300 g/mol. The zero-order chi connectivity index (χ0) is 15.4. The zero-order valence-electron chi connectivity index (χ0n) is 13.0. The van der Waals surface area contributed by atoms with Crippen LogP contribution in [-0.2, 0) is 4.74 Å². The van der Waals surface area contributed by atoms with E-state index in [1.165, 1.54) is 0 Å². The van der Waals surface area contributed by atoms with Crippen LogP contribution in [0.2, 0.25) is 0 Å². The second-order valence-electron chi connectivity index (χ2n) is 6.09. The summed E-state index contributed by atoms with van der Waals surface area (Å²) in [5.74, 6) is 0. The lowest BCUT2D eigenvalue weighted by atomic mass is 10.1. The van der Waals surface area contributed by atoms with Crippen molar-refractivity contribution in [2.24, 2.45) is 5.73 Å². The maximum absolute atomic E-state index is 9.39. The minimum atomic E-state index is 0.658. The van der Waals surface area contributed by atoms with E-state index in [-0.39, 0.29) is 0 Å². The van der Waals surface area contributed by atoms with Crippen molar-refractivity contribution in [3.8, 4) is 6.07 Å². The highest BCUT2D eigenvalue weighted by molar-refractivity contribution is 5.45. The van der Waals surface area contributed by atoms with Gasteiger partial charge in [0.1, 0.15) is 6.07 Å². The Labute approximate surface area is 132 Å². The molecule has 5 nitrogen and oxygen atoms in total. The van der Waals surface area contributed by atoms with Crippen molar-refractivity contribution < 1.29 is 4.74 Å². The molecule has 2 N–H and O–H groups in total. The lowest BCUT2D eigenvalue weighted by Crippen LogP contribution is -2.51. The molecule has 2 saturated heterocycles. The van der Waals surface area contributed by atoms with Crippen LogP contribution in [-0.4, -0.2) is 55.2 Å². The molecular weight excluding hydrogens is 276 g/mol. The van der Waals surface area contributed by atoms with E-state index in [0.29, 0.717) is 12.5 Å². The van der Waals surface area contributed by atoms with Crippen LogP contribution in [0.4, 0.5) is 0 Å². The summed E-state index contributed by atoms with van der Waals surface area (Å²) in [6, 6.07) is 2.99. The van der Waals surface area contributed by atoms with E-state index in [2.05, 4.69) is 15.9 Å². The summed E-state index contributed by atoms with van der Waals surface area (Å²) >= 11 is 0. The third kappa shape index (κ3) is 3.34. The van der Waals surface area contributed by atoms with Gasteiger partial charge < -0.3 is 15.4 Å². The van der Waals surface area contributed by atoms with E-state index in [4.69, 9.17) is 10.5 Å². The molecule has 22 heavy (non-hydrogen) atoms. The Morgan fingerprint density at radius 2 is 1.86 bits per heavy atom. The second kappa shape index (κ2) is 6.99. The van der Waals surface area contributed by atoms with Gasteiger partial charge in [0, 0.05) is 57.6 Å². The van der Waals surface area contributed by atoms with Crippen LogP contribution in [0.25, 0.3) is 0 Å². The number of piperazine rings is 1. The minimum Gasteiger partial charge on any atom is -0.402 e. The quantitative estimate of drug-likeness (QED) is 0.834. The largest absolute Gasteiger partial charge is 0.402 e. The molecule has 3 rings (SSSR count). The van der Waals surface area contributed by atoms with Gasteiger partial charge in [0.25, 0.3) is 0 Å². The molecule has 5 heteroatoms. The lowest BCUT2D eigenvalue weighted by molar-refractivity contribution is 0.0186. The number of ether oxygens (including phenoxy) is 1. The Hall–Kier alpha value is -1.77. The molecule has 0 bridgehead atoms. The Bertz CT molecular complexity index is 529. The van der Waals surface area contributed by atoms with E-state index < -0.39 is 0 Å². The summed E-state index contributed by atoms with van der Waals surface area (Å²) in [4.78, 5) is 4.90. The van der Waals surface area contributed by atoms with Gasteiger partial charge in [0.2, 0.25) is 0 Å². The number of nitrogens with zero attached hydrogens (tertiary/aromatic N) is 3. The van der Waals surface area contributed by atoms with Crippen molar-refractivity contribution in [2.75, 3.05) is 39.4 Å². The van der Waals surface area contributed by atoms with Crippen LogP contribution in [0, 0.1) is 11.3 Å². The van der Waals surface area contributed by atoms with Crippen LogP contribution >= 0.6 is 0 Å². The van der Waals surface area contributed by atoms with Gasteiger partial charge >= 0.3 is 0 Å². The van der Waals surface area contributed by atoms with Gasteiger partial charge in [-0.1, -0.05) is 6.08 Å². The third-order valence-corrected chi connectivity index (χ3v) is 4.76. The standard InChI is InChI=1S/C17H24N4O/c18-13-14-1-2-15(19)3-4-17(14)21-9-7-20(8-10-21)16-5-11-22-12-6-16/h1,3-4,16H,2,5-12,19H2. The van der Waals surface area contributed by atoms with E-state index in [9.17, 15) is 5.26 Å². The van der Waals surface area contributed by atoms with E-state index >= 15 is 0 Å².